The van der Waals surface area contributed by atoms with Crippen molar-refractivity contribution in [2.45, 2.75) is 51.7 Å². The minimum absolute atomic E-state index is 0.161. The number of aliphatic hydroxyl groups excluding tert-OH is 1. The number of aryl methyl sites for hydroxylation is 1. The number of likely N-dealkylation sites (tertiary alicyclic amines) is 1. The lowest BCUT2D eigenvalue weighted by atomic mass is 9.92. The van der Waals surface area contributed by atoms with Crippen LogP contribution in [0.4, 0.5) is 0 Å². The average molecular weight is 349 g/mol. The van der Waals surface area contributed by atoms with Gasteiger partial charge in [0.15, 0.2) is 0 Å². The zero-order valence-corrected chi connectivity index (χ0v) is 15.9. The number of hydrogen-bond acceptors (Lipinski definition) is 5. The van der Waals surface area contributed by atoms with Gasteiger partial charge in [-0.3, -0.25) is 4.90 Å². The third-order valence-electron chi connectivity index (χ3n) is 4.76. The molecule has 1 aliphatic heterocycles. The molecular formula is C18H28N4OS. The SMILES string of the molecule is Cn1ccnc1[C@H](O)[C@@H]1CCCN(Cc2ncc(C(C)(C)C)s2)C1. The van der Waals surface area contributed by atoms with Crippen molar-refractivity contribution in [2.75, 3.05) is 13.1 Å². The third kappa shape index (κ3) is 3.87. The Balaban J connectivity index is 1.63. The summed E-state index contributed by atoms with van der Waals surface area (Å²) >= 11 is 1.81. The van der Waals surface area contributed by atoms with E-state index in [-0.39, 0.29) is 11.3 Å². The van der Waals surface area contributed by atoms with Crippen LogP contribution in [-0.2, 0) is 19.0 Å². The molecule has 0 bridgehead atoms. The van der Waals surface area contributed by atoms with Gasteiger partial charge >= 0.3 is 0 Å². The van der Waals surface area contributed by atoms with Crippen molar-refractivity contribution >= 4 is 11.3 Å². The monoisotopic (exact) mass is 348 g/mol. The summed E-state index contributed by atoms with van der Waals surface area (Å²) in [4.78, 5) is 12.7. The van der Waals surface area contributed by atoms with Gasteiger partial charge in [-0.05, 0) is 24.8 Å². The van der Waals surface area contributed by atoms with Gasteiger partial charge < -0.3 is 9.67 Å². The van der Waals surface area contributed by atoms with Gasteiger partial charge in [0.05, 0.1) is 6.54 Å². The van der Waals surface area contributed by atoms with Crippen LogP contribution in [-0.4, -0.2) is 37.6 Å². The Morgan fingerprint density at radius 2 is 2.17 bits per heavy atom. The summed E-state index contributed by atoms with van der Waals surface area (Å²) in [6.07, 6.45) is 7.34. The summed E-state index contributed by atoms with van der Waals surface area (Å²) in [6, 6.07) is 0. The summed E-state index contributed by atoms with van der Waals surface area (Å²) in [5.41, 5.74) is 0.161. The van der Waals surface area contributed by atoms with Gasteiger partial charge in [0.1, 0.15) is 16.9 Å². The lowest BCUT2D eigenvalue weighted by Gasteiger charge is -2.34. The van der Waals surface area contributed by atoms with Crippen molar-refractivity contribution in [3.8, 4) is 0 Å². The number of imidazole rings is 1. The van der Waals surface area contributed by atoms with Crippen LogP contribution in [0.15, 0.2) is 18.6 Å². The Morgan fingerprint density at radius 1 is 1.38 bits per heavy atom. The summed E-state index contributed by atoms with van der Waals surface area (Å²) in [5, 5.41) is 11.9. The van der Waals surface area contributed by atoms with E-state index in [1.165, 1.54) is 9.88 Å². The fraction of sp³-hybridized carbons (Fsp3) is 0.667. The summed E-state index contributed by atoms with van der Waals surface area (Å²) in [7, 11) is 1.94. The van der Waals surface area contributed by atoms with Gasteiger partial charge in [-0.1, -0.05) is 20.8 Å². The predicted octanol–water partition coefficient (Wildman–Crippen LogP) is 3.12. The molecule has 2 atom stereocenters. The first-order valence-corrected chi connectivity index (χ1v) is 9.49. The number of thiazole rings is 1. The second-order valence-corrected chi connectivity index (χ2v) is 8.96. The molecule has 2 aromatic heterocycles. The molecule has 0 unspecified atom stereocenters. The van der Waals surface area contributed by atoms with E-state index < -0.39 is 6.10 Å². The zero-order chi connectivity index (χ0) is 17.3. The molecule has 1 fully saturated rings. The van der Waals surface area contributed by atoms with Crippen LogP contribution in [0.5, 0.6) is 0 Å². The number of nitrogens with zero attached hydrogens (tertiary/aromatic N) is 4. The Labute approximate surface area is 148 Å². The molecule has 6 heteroatoms. The van der Waals surface area contributed by atoms with Crippen molar-refractivity contribution in [3.63, 3.8) is 0 Å². The second-order valence-electron chi connectivity index (χ2n) is 7.85. The summed E-state index contributed by atoms with van der Waals surface area (Å²) in [6.45, 7) is 9.54. The second kappa shape index (κ2) is 6.94. The van der Waals surface area contributed by atoms with E-state index >= 15 is 0 Å². The summed E-state index contributed by atoms with van der Waals surface area (Å²) < 4.78 is 1.92. The van der Waals surface area contributed by atoms with Crippen molar-refractivity contribution in [3.05, 3.63) is 34.3 Å². The topological polar surface area (TPSA) is 54.2 Å². The molecule has 0 radical (unpaired) electrons. The molecular weight excluding hydrogens is 320 g/mol. The van der Waals surface area contributed by atoms with E-state index in [0.29, 0.717) is 0 Å². The van der Waals surface area contributed by atoms with Crippen molar-refractivity contribution < 1.29 is 5.11 Å². The van der Waals surface area contributed by atoms with E-state index in [4.69, 9.17) is 0 Å². The molecule has 0 aliphatic carbocycles. The molecule has 0 spiro atoms. The van der Waals surface area contributed by atoms with Crippen LogP contribution in [0, 0.1) is 5.92 Å². The first-order chi connectivity index (χ1) is 11.3. The van der Waals surface area contributed by atoms with Gasteiger partial charge in [0.25, 0.3) is 0 Å². The minimum atomic E-state index is -0.491. The first-order valence-electron chi connectivity index (χ1n) is 8.67. The Hall–Kier alpha value is -1.24. The van der Waals surface area contributed by atoms with Gasteiger partial charge in [-0.15, -0.1) is 11.3 Å². The minimum Gasteiger partial charge on any atom is -0.385 e. The maximum Gasteiger partial charge on any atom is 0.137 e. The molecule has 132 valence electrons. The van der Waals surface area contributed by atoms with Gasteiger partial charge in [-0.25, -0.2) is 9.97 Å². The number of rotatable bonds is 4. The highest BCUT2D eigenvalue weighted by molar-refractivity contribution is 7.11. The molecule has 1 saturated heterocycles. The van der Waals surface area contributed by atoms with Crippen LogP contribution in [0.1, 0.15) is 55.4 Å². The maximum absolute atomic E-state index is 10.7. The van der Waals surface area contributed by atoms with Crippen LogP contribution in [0.3, 0.4) is 0 Å². The lowest BCUT2D eigenvalue weighted by molar-refractivity contribution is 0.0404. The zero-order valence-electron chi connectivity index (χ0n) is 15.1. The van der Waals surface area contributed by atoms with E-state index in [1.54, 1.807) is 6.20 Å². The Kier molecular flexibility index (Phi) is 5.08. The lowest BCUT2D eigenvalue weighted by Crippen LogP contribution is -2.37. The highest BCUT2D eigenvalue weighted by Crippen LogP contribution is 2.31. The molecule has 2 aromatic rings. The van der Waals surface area contributed by atoms with E-state index in [0.717, 1.165) is 38.3 Å². The number of aromatic nitrogens is 3. The molecule has 3 rings (SSSR count). The van der Waals surface area contributed by atoms with E-state index in [2.05, 4.69) is 35.6 Å². The molecule has 24 heavy (non-hydrogen) atoms. The Morgan fingerprint density at radius 3 is 2.79 bits per heavy atom. The fourth-order valence-electron chi connectivity index (χ4n) is 3.29. The summed E-state index contributed by atoms with van der Waals surface area (Å²) in [5.74, 6) is 1.01. The van der Waals surface area contributed by atoms with E-state index in [9.17, 15) is 5.11 Å². The third-order valence-corrected chi connectivity index (χ3v) is 6.17. The van der Waals surface area contributed by atoms with Crippen molar-refractivity contribution in [1.82, 2.24) is 19.4 Å². The average Bonchev–Trinajstić information content (AvgIpc) is 3.15. The normalized spacial score (nSPS) is 21.1. The molecule has 3 heterocycles. The van der Waals surface area contributed by atoms with Crippen LogP contribution in [0.25, 0.3) is 0 Å². The largest absolute Gasteiger partial charge is 0.385 e. The molecule has 0 aromatic carbocycles. The highest BCUT2D eigenvalue weighted by Gasteiger charge is 2.29. The quantitative estimate of drug-likeness (QED) is 0.922. The van der Waals surface area contributed by atoms with Crippen LogP contribution >= 0.6 is 11.3 Å². The van der Waals surface area contributed by atoms with Gasteiger partial charge in [0, 0.05) is 43.0 Å². The van der Waals surface area contributed by atoms with Crippen LogP contribution < -0.4 is 0 Å². The predicted molar refractivity (Wildman–Crippen MR) is 97.0 cm³/mol. The number of piperidine rings is 1. The van der Waals surface area contributed by atoms with E-state index in [1.807, 2.05) is 35.3 Å². The van der Waals surface area contributed by atoms with Gasteiger partial charge in [0.2, 0.25) is 0 Å². The molecule has 5 nitrogen and oxygen atoms in total. The fourth-order valence-corrected chi connectivity index (χ4v) is 4.30. The Bertz CT molecular complexity index is 673. The first kappa shape index (κ1) is 17.6. The molecule has 0 saturated carbocycles. The number of aliphatic hydroxyl groups is 1. The van der Waals surface area contributed by atoms with Gasteiger partial charge in [-0.2, -0.15) is 0 Å². The van der Waals surface area contributed by atoms with Crippen molar-refractivity contribution in [1.29, 1.82) is 0 Å². The smallest absolute Gasteiger partial charge is 0.137 e. The molecule has 0 amide bonds. The standard InChI is InChI=1S/C18H28N4OS/c1-18(2,3)14-10-20-15(24-14)12-22-8-5-6-13(11-22)16(23)17-19-7-9-21(17)4/h7,9-10,13,16,23H,5-6,8,11-12H2,1-4H3/t13-,16-/m1/s1. The molecule has 1 aliphatic rings. The van der Waals surface area contributed by atoms with Crippen molar-refractivity contribution in [2.24, 2.45) is 13.0 Å². The molecule has 1 N–H and O–H groups in total. The van der Waals surface area contributed by atoms with Crippen LogP contribution in [0.2, 0.25) is 0 Å². The number of hydrogen-bond donors (Lipinski definition) is 1. The maximum atomic E-state index is 10.7. The highest BCUT2D eigenvalue weighted by atomic mass is 32.1.